The highest BCUT2D eigenvalue weighted by molar-refractivity contribution is 5.27. The second kappa shape index (κ2) is 7.39. The minimum Gasteiger partial charge on any atom is -0.488 e. The third-order valence-corrected chi connectivity index (χ3v) is 3.10. The molecule has 0 saturated carbocycles. The Morgan fingerprint density at radius 1 is 1.33 bits per heavy atom. The summed E-state index contributed by atoms with van der Waals surface area (Å²) in [5.41, 5.74) is 1.30. The Morgan fingerprint density at radius 2 is 2.17 bits per heavy atom. The fourth-order valence-electron chi connectivity index (χ4n) is 2.09. The Bertz CT molecular complexity index is 331. The molecule has 1 atom stereocenters. The van der Waals surface area contributed by atoms with Gasteiger partial charge >= 0.3 is 0 Å². The minimum atomic E-state index is 0.225. The number of hydrogen-bond donors (Lipinski definition) is 1. The van der Waals surface area contributed by atoms with E-state index in [0.717, 1.165) is 44.9 Å². The molecule has 1 unspecified atom stereocenters. The zero-order valence-corrected chi connectivity index (χ0v) is 11.2. The molecule has 1 aliphatic heterocycles. The van der Waals surface area contributed by atoms with Crippen LogP contribution in [0.1, 0.15) is 31.7 Å². The van der Waals surface area contributed by atoms with E-state index in [-0.39, 0.29) is 6.10 Å². The van der Waals surface area contributed by atoms with Crippen LogP contribution in [0.3, 0.4) is 0 Å². The summed E-state index contributed by atoms with van der Waals surface area (Å²) in [4.78, 5) is 0. The standard InChI is InChI=1S/C15H23NO2/c1-2-9-16-11-13-5-7-14(8-6-13)18-15-4-3-10-17-12-15/h5-8,15-16H,2-4,9-12H2,1H3. The predicted octanol–water partition coefficient (Wildman–Crippen LogP) is 2.74. The van der Waals surface area contributed by atoms with Gasteiger partial charge in [0.2, 0.25) is 0 Å². The molecule has 100 valence electrons. The van der Waals surface area contributed by atoms with Crippen molar-refractivity contribution in [1.82, 2.24) is 5.32 Å². The first kappa shape index (κ1) is 13.4. The van der Waals surface area contributed by atoms with Gasteiger partial charge < -0.3 is 14.8 Å². The lowest BCUT2D eigenvalue weighted by Crippen LogP contribution is -2.27. The lowest BCUT2D eigenvalue weighted by atomic mass is 10.1. The van der Waals surface area contributed by atoms with E-state index in [4.69, 9.17) is 9.47 Å². The number of hydrogen-bond acceptors (Lipinski definition) is 3. The second-order valence-corrected chi connectivity index (χ2v) is 4.78. The number of rotatable bonds is 6. The highest BCUT2D eigenvalue weighted by atomic mass is 16.5. The van der Waals surface area contributed by atoms with E-state index in [1.165, 1.54) is 12.0 Å². The Morgan fingerprint density at radius 3 is 2.83 bits per heavy atom. The van der Waals surface area contributed by atoms with Gasteiger partial charge in [-0.05, 0) is 43.5 Å². The number of benzene rings is 1. The fraction of sp³-hybridized carbons (Fsp3) is 0.600. The van der Waals surface area contributed by atoms with Gasteiger partial charge in [-0.25, -0.2) is 0 Å². The Hall–Kier alpha value is -1.06. The van der Waals surface area contributed by atoms with Gasteiger partial charge in [-0.2, -0.15) is 0 Å². The molecular formula is C15H23NO2. The summed E-state index contributed by atoms with van der Waals surface area (Å²) in [6.07, 6.45) is 3.59. The topological polar surface area (TPSA) is 30.5 Å². The summed E-state index contributed by atoms with van der Waals surface area (Å²) in [6, 6.07) is 8.36. The molecule has 1 fully saturated rings. The van der Waals surface area contributed by atoms with Crippen LogP contribution in [-0.4, -0.2) is 25.9 Å². The van der Waals surface area contributed by atoms with Crippen LogP contribution in [0, 0.1) is 0 Å². The van der Waals surface area contributed by atoms with Gasteiger partial charge in [0.05, 0.1) is 6.61 Å². The molecule has 1 saturated heterocycles. The average Bonchev–Trinajstić information content (AvgIpc) is 2.42. The van der Waals surface area contributed by atoms with E-state index < -0.39 is 0 Å². The number of ether oxygens (including phenoxy) is 2. The summed E-state index contributed by atoms with van der Waals surface area (Å²) in [7, 11) is 0. The van der Waals surface area contributed by atoms with Gasteiger partial charge in [0.15, 0.2) is 0 Å². The smallest absolute Gasteiger partial charge is 0.122 e. The molecular weight excluding hydrogens is 226 g/mol. The van der Waals surface area contributed by atoms with E-state index in [1.54, 1.807) is 0 Å². The van der Waals surface area contributed by atoms with Crippen molar-refractivity contribution in [2.75, 3.05) is 19.8 Å². The van der Waals surface area contributed by atoms with Crippen LogP contribution in [0.2, 0.25) is 0 Å². The van der Waals surface area contributed by atoms with Crippen LogP contribution in [0.15, 0.2) is 24.3 Å². The molecule has 2 rings (SSSR count). The quantitative estimate of drug-likeness (QED) is 0.786. The molecule has 1 aromatic carbocycles. The van der Waals surface area contributed by atoms with Gasteiger partial charge in [-0.1, -0.05) is 19.1 Å². The maximum atomic E-state index is 5.89. The van der Waals surface area contributed by atoms with E-state index >= 15 is 0 Å². The SMILES string of the molecule is CCCNCc1ccc(OC2CCCOC2)cc1. The lowest BCUT2D eigenvalue weighted by molar-refractivity contribution is 0.00742. The number of nitrogens with one attached hydrogen (secondary N) is 1. The molecule has 0 spiro atoms. The monoisotopic (exact) mass is 249 g/mol. The van der Waals surface area contributed by atoms with Crippen LogP contribution in [0.25, 0.3) is 0 Å². The van der Waals surface area contributed by atoms with E-state index in [0.29, 0.717) is 0 Å². The van der Waals surface area contributed by atoms with Crippen molar-refractivity contribution in [2.45, 2.75) is 38.8 Å². The van der Waals surface area contributed by atoms with Crippen LogP contribution in [0.5, 0.6) is 5.75 Å². The van der Waals surface area contributed by atoms with E-state index in [9.17, 15) is 0 Å². The van der Waals surface area contributed by atoms with Gasteiger partial charge in [-0.3, -0.25) is 0 Å². The zero-order chi connectivity index (χ0) is 12.6. The van der Waals surface area contributed by atoms with Gasteiger partial charge in [0.1, 0.15) is 11.9 Å². The summed E-state index contributed by atoms with van der Waals surface area (Å²) in [5, 5.41) is 3.39. The third kappa shape index (κ3) is 4.31. The highest BCUT2D eigenvalue weighted by Crippen LogP contribution is 2.17. The average molecular weight is 249 g/mol. The van der Waals surface area contributed by atoms with Gasteiger partial charge in [0.25, 0.3) is 0 Å². The molecule has 0 aliphatic carbocycles. The fourth-order valence-corrected chi connectivity index (χ4v) is 2.09. The van der Waals surface area contributed by atoms with Gasteiger partial charge in [-0.15, -0.1) is 0 Å². The van der Waals surface area contributed by atoms with Crippen molar-refractivity contribution in [3.05, 3.63) is 29.8 Å². The summed E-state index contributed by atoms with van der Waals surface area (Å²) < 4.78 is 11.3. The van der Waals surface area contributed by atoms with Crippen molar-refractivity contribution in [1.29, 1.82) is 0 Å². The lowest BCUT2D eigenvalue weighted by Gasteiger charge is -2.23. The van der Waals surface area contributed by atoms with Gasteiger partial charge in [0, 0.05) is 13.2 Å². The zero-order valence-electron chi connectivity index (χ0n) is 11.2. The molecule has 3 heteroatoms. The Kier molecular flexibility index (Phi) is 5.49. The van der Waals surface area contributed by atoms with Crippen LogP contribution < -0.4 is 10.1 Å². The van der Waals surface area contributed by atoms with Crippen LogP contribution in [-0.2, 0) is 11.3 Å². The Balaban J connectivity index is 1.79. The van der Waals surface area contributed by atoms with Crippen molar-refractivity contribution in [3.63, 3.8) is 0 Å². The maximum absolute atomic E-state index is 5.89. The third-order valence-electron chi connectivity index (χ3n) is 3.10. The summed E-state index contributed by atoms with van der Waals surface area (Å²) >= 11 is 0. The van der Waals surface area contributed by atoms with Crippen molar-refractivity contribution in [3.8, 4) is 5.75 Å². The van der Waals surface area contributed by atoms with Crippen molar-refractivity contribution in [2.24, 2.45) is 0 Å². The molecule has 1 aliphatic rings. The van der Waals surface area contributed by atoms with Crippen LogP contribution in [0.4, 0.5) is 0 Å². The largest absolute Gasteiger partial charge is 0.488 e. The molecule has 18 heavy (non-hydrogen) atoms. The maximum Gasteiger partial charge on any atom is 0.122 e. The molecule has 1 N–H and O–H groups in total. The summed E-state index contributed by atoms with van der Waals surface area (Å²) in [6.45, 7) is 5.77. The van der Waals surface area contributed by atoms with Crippen LogP contribution >= 0.6 is 0 Å². The van der Waals surface area contributed by atoms with Crippen molar-refractivity contribution >= 4 is 0 Å². The molecule has 1 heterocycles. The first-order valence-electron chi connectivity index (χ1n) is 6.92. The summed E-state index contributed by atoms with van der Waals surface area (Å²) in [5.74, 6) is 0.949. The highest BCUT2D eigenvalue weighted by Gasteiger charge is 2.14. The Labute approximate surface area is 109 Å². The molecule has 0 bridgehead atoms. The van der Waals surface area contributed by atoms with Crippen molar-refractivity contribution < 1.29 is 9.47 Å². The molecule has 0 amide bonds. The normalized spacial score (nSPS) is 19.7. The first-order chi connectivity index (χ1) is 8.88. The molecule has 0 aromatic heterocycles. The van der Waals surface area contributed by atoms with E-state index in [1.807, 2.05) is 0 Å². The second-order valence-electron chi connectivity index (χ2n) is 4.78. The molecule has 0 radical (unpaired) electrons. The van der Waals surface area contributed by atoms with E-state index in [2.05, 4.69) is 36.5 Å². The first-order valence-corrected chi connectivity index (χ1v) is 6.92. The predicted molar refractivity (Wildman–Crippen MR) is 72.9 cm³/mol. The molecule has 3 nitrogen and oxygen atoms in total. The molecule has 1 aromatic rings. The minimum absolute atomic E-state index is 0.225.